The molecule has 1 N–H and O–H groups in total. The number of fused-ring (bicyclic) bond motifs is 2. The van der Waals surface area contributed by atoms with Gasteiger partial charge in [0.1, 0.15) is 0 Å². The molecule has 1 saturated heterocycles. The van der Waals surface area contributed by atoms with E-state index in [-0.39, 0.29) is 17.6 Å². The largest absolute Gasteiger partial charge is 0.338 e. The van der Waals surface area contributed by atoms with Crippen LogP contribution in [0.4, 0.5) is 0 Å². The molecule has 5 rings (SSSR count). The maximum absolute atomic E-state index is 12.9. The number of carbonyl (C=O) groups is 1. The predicted molar refractivity (Wildman–Crippen MR) is 110 cm³/mol. The summed E-state index contributed by atoms with van der Waals surface area (Å²) in [6.07, 6.45) is 1.53. The van der Waals surface area contributed by atoms with Gasteiger partial charge in [-0.15, -0.1) is 0 Å². The Morgan fingerprint density at radius 1 is 1.00 bits per heavy atom. The number of nitrogens with one attached hydrogen (secondary N) is 1. The van der Waals surface area contributed by atoms with Gasteiger partial charge in [-0.05, 0) is 53.9 Å². The second-order valence-electron chi connectivity index (χ2n) is 7.32. The minimum Gasteiger partial charge on any atom is -0.338 e. The van der Waals surface area contributed by atoms with Crippen molar-refractivity contribution in [3.8, 4) is 0 Å². The Morgan fingerprint density at radius 2 is 1.71 bits per heavy atom. The Kier molecular flexibility index (Phi) is 4.01. The van der Waals surface area contributed by atoms with Crippen molar-refractivity contribution >= 4 is 27.7 Å². The number of likely N-dealkylation sites (tertiary alicyclic amines) is 1. The first-order chi connectivity index (χ1) is 13.7. The van der Waals surface area contributed by atoms with E-state index in [2.05, 4.69) is 11.1 Å². The second-order valence-corrected chi connectivity index (χ2v) is 7.32. The molecule has 0 aliphatic carbocycles. The Balaban J connectivity index is 1.35. The SMILES string of the molecule is O=C(c1[c]cc2ccccc2c1)N1CCC(n2c(=O)[nH]c3ccccc32)CC1. The molecule has 0 atom stereocenters. The number of benzene rings is 3. The van der Waals surface area contributed by atoms with E-state index >= 15 is 0 Å². The van der Waals surface area contributed by atoms with E-state index in [9.17, 15) is 9.59 Å². The molecule has 5 nitrogen and oxygen atoms in total. The van der Waals surface area contributed by atoms with Gasteiger partial charge >= 0.3 is 5.69 Å². The number of carbonyl (C=O) groups excluding carboxylic acids is 1. The highest BCUT2D eigenvalue weighted by Gasteiger charge is 2.26. The Hall–Kier alpha value is -3.34. The van der Waals surface area contributed by atoms with E-state index in [1.54, 1.807) is 0 Å². The number of rotatable bonds is 2. The molecular weight excluding hydrogens is 350 g/mol. The van der Waals surface area contributed by atoms with Gasteiger partial charge in [-0.25, -0.2) is 4.79 Å². The zero-order chi connectivity index (χ0) is 19.1. The lowest BCUT2D eigenvalue weighted by molar-refractivity contribution is 0.0695. The van der Waals surface area contributed by atoms with Gasteiger partial charge < -0.3 is 9.88 Å². The molecule has 1 amide bonds. The number of H-pyrrole nitrogens is 1. The van der Waals surface area contributed by atoms with Crippen LogP contribution in [-0.4, -0.2) is 33.4 Å². The molecule has 1 aromatic heterocycles. The molecule has 0 spiro atoms. The third-order valence-electron chi connectivity index (χ3n) is 5.65. The van der Waals surface area contributed by atoms with E-state index in [0.717, 1.165) is 34.6 Å². The molecule has 4 aromatic rings. The molecule has 0 unspecified atom stereocenters. The molecule has 1 aliphatic rings. The van der Waals surface area contributed by atoms with Crippen molar-refractivity contribution in [2.45, 2.75) is 18.9 Å². The zero-order valence-electron chi connectivity index (χ0n) is 15.4. The monoisotopic (exact) mass is 370 g/mol. The number of piperidine rings is 1. The molecule has 28 heavy (non-hydrogen) atoms. The van der Waals surface area contributed by atoms with Gasteiger partial charge in [0.15, 0.2) is 0 Å². The van der Waals surface area contributed by atoms with Crippen LogP contribution in [0.5, 0.6) is 0 Å². The maximum Gasteiger partial charge on any atom is 0.326 e. The summed E-state index contributed by atoms with van der Waals surface area (Å²) in [5, 5.41) is 2.13. The summed E-state index contributed by atoms with van der Waals surface area (Å²) in [6, 6.07) is 22.8. The molecule has 1 fully saturated rings. The second kappa shape index (κ2) is 6.68. The molecule has 1 radical (unpaired) electrons. The Labute approximate surface area is 162 Å². The molecule has 1 aliphatic heterocycles. The molecule has 3 aromatic carbocycles. The number of nitrogens with zero attached hydrogens (tertiary/aromatic N) is 2. The number of aromatic amines is 1. The van der Waals surface area contributed by atoms with Gasteiger partial charge in [-0.2, -0.15) is 0 Å². The van der Waals surface area contributed by atoms with Crippen molar-refractivity contribution in [1.82, 2.24) is 14.5 Å². The van der Waals surface area contributed by atoms with Crippen LogP contribution in [0, 0.1) is 6.07 Å². The fraction of sp³-hybridized carbons (Fsp3) is 0.217. The van der Waals surface area contributed by atoms with E-state index in [1.807, 2.05) is 70.1 Å². The number of para-hydroxylation sites is 2. The summed E-state index contributed by atoms with van der Waals surface area (Å²) >= 11 is 0. The third-order valence-corrected chi connectivity index (χ3v) is 5.65. The fourth-order valence-corrected chi connectivity index (χ4v) is 4.18. The van der Waals surface area contributed by atoms with Crippen molar-refractivity contribution < 1.29 is 4.79 Å². The first-order valence-corrected chi connectivity index (χ1v) is 9.60. The van der Waals surface area contributed by atoms with Crippen LogP contribution >= 0.6 is 0 Å². The summed E-state index contributed by atoms with van der Waals surface area (Å²) in [7, 11) is 0. The molecule has 2 heterocycles. The van der Waals surface area contributed by atoms with Gasteiger partial charge in [0.2, 0.25) is 0 Å². The highest BCUT2D eigenvalue weighted by atomic mass is 16.2. The molecular formula is C23H20N3O2. The molecule has 5 heteroatoms. The fourth-order valence-electron chi connectivity index (χ4n) is 4.18. The summed E-state index contributed by atoms with van der Waals surface area (Å²) in [5.41, 5.74) is 2.31. The lowest BCUT2D eigenvalue weighted by atomic mass is 10.0. The van der Waals surface area contributed by atoms with E-state index in [4.69, 9.17) is 0 Å². The third kappa shape index (κ3) is 2.80. The van der Waals surface area contributed by atoms with E-state index in [1.165, 1.54) is 0 Å². The number of amides is 1. The van der Waals surface area contributed by atoms with Crippen LogP contribution in [0.3, 0.4) is 0 Å². The molecule has 0 bridgehead atoms. The van der Waals surface area contributed by atoms with Gasteiger partial charge in [0, 0.05) is 24.7 Å². The zero-order valence-corrected chi connectivity index (χ0v) is 15.4. The minimum atomic E-state index is -0.0751. The van der Waals surface area contributed by atoms with Crippen molar-refractivity contribution in [2.24, 2.45) is 0 Å². The summed E-state index contributed by atoms with van der Waals surface area (Å²) < 4.78 is 1.85. The molecule has 0 saturated carbocycles. The van der Waals surface area contributed by atoms with Crippen LogP contribution in [0.15, 0.2) is 65.5 Å². The first-order valence-electron chi connectivity index (χ1n) is 9.60. The van der Waals surface area contributed by atoms with Gasteiger partial charge in [0.25, 0.3) is 5.91 Å². The first kappa shape index (κ1) is 16.8. The highest BCUT2D eigenvalue weighted by molar-refractivity contribution is 5.98. The lowest BCUT2D eigenvalue weighted by Crippen LogP contribution is -2.40. The minimum absolute atomic E-state index is 0.00970. The standard InChI is InChI=1S/C23H20N3O2/c27-22(18-10-9-16-5-1-2-6-17(16)15-18)25-13-11-19(12-14-25)26-21-8-4-3-7-20(21)24-23(26)28/h1-9,15,19H,11-14H2,(H,24,28). The van der Waals surface area contributed by atoms with Crippen molar-refractivity contribution in [2.75, 3.05) is 13.1 Å². The van der Waals surface area contributed by atoms with Crippen LogP contribution < -0.4 is 5.69 Å². The lowest BCUT2D eigenvalue weighted by Gasteiger charge is -2.32. The van der Waals surface area contributed by atoms with Gasteiger partial charge in [-0.3, -0.25) is 9.36 Å². The van der Waals surface area contributed by atoms with Crippen LogP contribution in [0.1, 0.15) is 29.2 Å². The number of hydrogen-bond acceptors (Lipinski definition) is 2. The summed E-state index contributed by atoms with van der Waals surface area (Å²) in [4.78, 5) is 30.2. The predicted octanol–water partition coefficient (Wildman–Crippen LogP) is 3.76. The average molecular weight is 370 g/mol. The Morgan fingerprint density at radius 3 is 2.54 bits per heavy atom. The van der Waals surface area contributed by atoms with Gasteiger partial charge in [0.05, 0.1) is 11.0 Å². The summed E-state index contributed by atoms with van der Waals surface area (Å²) in [6.45, 7) is 1.27. The topological polar surface area (TPSA) is 58.1 Å². The van der Waals surface area contributed by atoms with Crippen LogP contribution in [0.2, 0.25) is 0 Å². The normalized spacial score (nSPS) is 15.4. The van der Waals surface area contributed by atoms with E-state index < -0.39 is 0 Å². The maximum atomic E-state index is 12.9. The van der Waals surface area contributed by atoms with Crippen LogP contribution in [0.25, 0.3) is 21.8 Å². The molecule has 139 valence electrons. The van der Waals surface area contributed by atoms with Crippen LogP contribution in [-0.2, 0) is 0 Å². The van der Waals surface area contributed by atoms with E-state index in [0.29, 0.717) is 18.7 Å². The summed E-state index contributed by atoms with van der Waals surface area (Å²) in [5.74, 6) is 0.00970. The van der Waals surface area contributed by atoms with Gasteiger partial charge in [-0.1, -0.05) is 36.4 Å². The average Bonchev–Trinajstić information content (AvgIpc) is 3.08. The Bertz CT molecular complexity index is 1230. The highest BCUT2D eigenvalue weighted by Crippen LogP contribution is 2.26. The number of aromatic nitrogens is 2. The number of hydrogen-bond donors (Lipinski definition) is 1. The van der Waals surface area contributed by atoms with Crippen molar-refractivity contribution in [3.05, 3.63) is 82.8 Å². The number of imidazole rings is 1. The van der Waals surface area contributed by atoms with Crippen molar-refractivity contribution in [1.29, 1.82) is 0 Å². The van der Waals surface area contributed by atoms with Crippen molar-refractivity contribution in [3.63, 3.8) is 0 Å². The quantitative estimate of drug-likeness (QED) is 0.584. The smallest absolute Gasteiger partial charge is 0.326 e.